The number of ether oxygens (including phenoxy) is 3. The number of allylic oxidation sites excluding steroid dienone is 1. The van der Waals surface area contributed by atoms with Gasteiger partial charge in [-0.05, 0) is 53.6 Å². The number of carboxylic acid groups (broad SMARTS) is 1. The number of phenolic OH excluding ortho intramolecular Hbond substituents is 1. The van der Waals surface area contributed by atoms with Gasteiger partial charge in [0.2, 0.25) is 5.78 Å². The summed E-state index contributed by atoms with van der Waals surface area (Å²) in [7, 11) is 1.44. The summed E-state index contributed by atoms with van der Waals surface area (Å²) >= 11 is 0. The molecular formula is C26H18O8. The lowest BCUT2D eigenvalue weighted by atomic mass is 9.84. The number of aromatic carboxylic acids is 1. The van der Waals surface area contributed by atoms with E-state index in [1.54, 1.807) is 36.4 Å². The second kappa shape index (κ2) is 8.08. The summed E-state index contributed by atoms with van der Waals surface area (Å²) in [4.78, 5) is 36.5. The molecule has 0 saturated heterocycles. The average Bonchev–Trinajstić information content (AvgIpc) is 3.13. The molecule has 170 valence electrons. The Labute approximate surface area is 193 Å². The van der Waals surface area contributed by atoms with Crippen LogP contribution in [0.1, 0.15) is 49.7 Å². The van der Waals surface area contributed by atoms with Crippen LogP contribution in [0.25, 0.3) is 6.08 Å². The van der Waals surface area contributed by atoms with Crippen molar-refractivity contribution in [2.45, 2.75) is 12.3 Å². The number of hydrogen-bond acceptors (Lipinski definition) is 7. The van der Waals surface area contributed by atoms with Crippen LogP contribution in [0.4, 0.5) is 0 Å². The zero-order chi connectivity index (χ0) is 24.0. The van der Waals surface area contributed by atoms with Crippen LogP contribution in [-0.2, 0) is 4.79 Å². The summed E-state index contributed by atoms with van der Waals surface area (Å²) < 4.78 is 16.4. The number of aromatic hydroxyl groups is 1. The van der Waals surface area contributed by atoms with E-state index >= 15 is 0 Å². The van der Waals surface area contributed by atoms with E-state index in [0.717, 1.165) is 0 Å². The number of esters is 1. The van der Waals surface area contributed by atoms with Gasteiger partial charge in [-0.3, -0.25) is 9.59 Å². The van der Waals surface area contributed by atoms with Gasteiger partial charge in [0.15, 0.2) is 17.3 Å². The quantitative estimate of drug-likeness (QED) is 0.340. The molecule has 0 spiro atoms. The van der Waals surface area contributed by atoms with Crippen molar-refractivity contribution < 1.29 is 38.8 Å². The first-order valence-corrected chi connectivity index (χ1v) is 10.4. The van der Waals surface area contributed by atoms with E-state index in [2.05, 4.69) is 0 Å². The standard InChI is InChI=1S/C26H18O8/c1-32-19-8-2-13(10-18(19)27)11-21-24(29)16-7-9-20-23(25(16)34-21)17(12-22(28)33-20)14-3-5-15(6-4-14)26(30)31/h2-11,17,27H,12H2,1H3,(H,30,31)/b21-11-. The summed E-state index contributed by atoms with van der Waals surface area (Å²) in [6, 6.07) is 14.0. The Morgan fingerprint density at radius 3 is 2.50 bits per heavy atom. The van der Waals surface area contributed by atoms with Crippen molar-refractivity contribution in [2.75, 3.05) is 7.11 Å². The van der Waals surface area contributed by atoms with Crippen molar-refractivity contribution in [1.29, 1.82) is 0 Å². The maximum atomic E-state index is 13.1. The van der Waals surface area contributed by atoms with Gasteiger partial charge in [-0.1, -0.05) is 18.2 Å². The number of benzene rings is 3. The molecule has 2 aliphatic heterocycles. The predicted molar refractivity (Wildman–Crippen MR) is 120 cm³/mol. The molecule has 0 amide bonds. The van der Waals surface area contributed by atoms with Gasteiger partial charge in [-0.25, -0.2) is 4.79 Å². The molecule has 3 aromatic carbocycles. The van der Waals surface area contributed by atoms with Crippen LogP contribution >= 0.6 is 0 Å². The fourth-order valence-corrected chi connectivity index (χ4v) is 4.20. The fraction of sp³-hybridized carbons (Fsp3) is 0.115. The van der Waals surface area contributed by atoms with Gasteiger partial charge >= 0.3 is 11.9 Å². The highest BCUT2D eigenvalue weighted by molar-refractivity contribution is 6.15. The Morgan fingerprint density at radius 1 is 1.06 bits per heavy atom. The fourth-order valence-electron chi connectivity index (χ4n) is 4.20. The second-order valence-corrected chi connectivity index (χ2v) is 7.88. The van der Waals surface area contributed by atoms with Gasteiger partial charge in [0, 0.05) is 11.5 Å². The smallest absolute Gasteiger partial charge is 0.335 e. The number of hydrogen-bond donors (Lipinski definition) is 2. The van der Waals surface area contributed by atoms with E-state index in [1.165, 1.54) is 31.4 Å². The molecule has 5 rings (SSSR count). The number of carbonyl (C=O) groups excluding carboxylic acids is 2. The number of phenols is 1. The number of rotatable bonds is 4. The van der Waals surface area contributed by atoms with Crippen molar-refractivity contribution >= 4 is 23.8 Å². The Kier molecular flexibility index (Phi) is 5.05. The lowest BCUT2D eigenvalue weighted by Gasteiger charge is -2.26. The number of methoxy groups -OCH3 is 1. The SMILES string of the molecule is COc1ccc(/C=C2\Oc3c(ccc4c3C(c3ccc(C(=O)O)cc3)CC(=O)O4)C2=O)cc1O. The van der Waals surface area contributed by atoms with E-state index in [-0.39, 0.29) is 29.3 Å². The van der Waals surface area contributed by atoms with Gasteiger partial charge in [0.1, 0.15) is 11.5 Å². The zero-order valence-corrected chi connectivity index (χ0v) is 17.9. The van der Waals surface area contributed by atoms with Gasteiger partial charge in [0.05, 0.1) is 24.7 Å². The molecule has 0 radical (unpaired) electrons. The summed E-state index contributed by atoms with van der Waals surface area (Å²) in [6.45, 7) is 0. The molecule has 1 unspecified atom stereocenters. The van der Waals surface area contributed by atoms with E-state index < -0.39 is 17.9 Å². The highest BCUT2D eigenvalue weighted by Crippen LogP contribution is 2.49. The third-order valence-corrected chi connectivity index (χ3v) is 5.84. The van der Waals surface area contributed by atoms with Crippen molar-refractivity contribution in [3.05, 3.63) is 88.2 Å². The molecule has 0 aromatic heterocycles. The summed E-state index contributed by atoms with van der Waals surface area (Å²) in [6.07, 6.45) is 1.53. The first kappa shape index (κ1) is 21.3. The van der Waals surface area contributed by atoms with E-state index in [4.69, 9.17) is 14.2 Å². The largest absolute Gasteiger partial charge is 0.504 e. The molecule has 3 aromatic rings. The number of carbonyl (C=O) groups is 3. The van der Waals surface area contributed by atoms with Crippen LogP contribution in [0, 0.1) is 0 Å². The molecule has 8 heteroatoms. The molecule has 34 heavy (non-hydrogen) atoms. The topological polar surface area (TPSA) is 119 Å². The van der Waals surface area contributed by atoms with Crippen LogP contribution in [0.3, 0.4) is 0 Å². The third kappa shape index (κ3) is 3.55. The lowest BCUT2D eigenvalue weighted by molar-refractivity contribution is -0.135. The normalized spacial score (nSPS) is 17.6. The summed E-state index contributed by atoms with van der Waals surface area (Å²) in [5, 5.41) is 19.2. The molecule has 0 aliphatic carbocycles. The van der Waals surface area contributed by atoms with Gasteiger partial charge < -0.3 is 24.4 Å². The zero-order valence-electron chi connectivity index (χ0n) is 17.9. The maximum absolute atomic E-state index is 13.1. The number of carboxylic acids is 1. The minimum absolute atomic E-state index is 0.0127. The first-order chi connectivity index (χ1) is 16.4. The summed E-state index contributed by atoms with van der Waals surface area (Å²) in [5.41, 5.74) is 2.24. The summed E-state index contributed by atoms with van der Waals surface area (Å²) in [5.74, 6) is -1.44. The second-order valence-electron chi connectivity index (χ2n) is 7.88. The van der Waals surface area contributed by atoms with Crippen LogP contribution in [0.5, 0.6) is 23.0 Å². The first-order valence-electron chi connectivity index (χ1n) is 10.4. The van der Waals surface area contributed by atoms with Gasteiger partial charge in [-0.15, -0.1) is 0 Å². The van der Waals surface area contributed by atoms with Crippen molar-refractivity contribution in [3.8, 4) is 23.0 Å². The number of ketones is 1. The number of Topliss-reactive ketones (excluding diaryl/α,β-unsaturated/α-hetero) is 1. The lowest BCUT2D eigenvalue weighted by Crippen LogP contribution is -2.21. The van der Waals surface area contributed by atoms with Crippen molar-refractivity contribution in [1.82, 2.24) is 0 Å². The van der Waals surface area contributed by atoms with Crippen LogP contribution < -0.4 is 14.2 Å². The molecule has 2 aliphatic rings. The molecule has 8 nitrogen and oxygen atoms in total. The predicted octanol–water partition coefficient (Wildman–Crippen LogP) is 4.16. The van der Waals surface area contributed by atoms with Crippen LogP contribution in [0.15, 0.2) is 60.4 Å². The molecule has 0 bridgehead atoms. The molecule has 2 heterocycles. The third-order valence-electron chi connectivity index (χ3n) is 5.84. The highest BCUT2D eigenvalue weighted by atomic mass is 16.5. The molecule has 1 atom stereocenters. The van der Waals surface area contributed by atoms with Gasteiger partial charge in [-0.2, -0.15) is 0 Å². The molecular weight excluding hydrogens is 440 g/mol. The molecule has 2 N–H and O–H groups in total. The van der Waals surface area contributed by atoms with Crippen LogP contribution in [0.2, 0.25) is 0 Å². The minimum Gasteiger partial charge on any atom is -0.504 e. The average molecular weight is 458 g/mol. The Morgan fingerprint density at radius 2 is 1.82 bits per heavy atom. The van der Waals surface area contributed by atoms with Gasteiger partial charge in [0.25, 0.3) is 0 Å². The molecule has 0 saturated carbocycles. The molecule has 0 fully saturated rings. The van der Waals surface area contributed by atoms with E-state index in [0.29, 0.717) is 39.5 Å². The van der Waals surface area contributed by atoms with E-state index in [9.17, 15) is 24.6 Å². The van der Waals surface area contributed by atoms with Crippen molar-refractivity contribution in [3.63, 3.8) is 0 Å². The monoisotopic (exact) mass is 458 g/mol. The van der Waals surface area contributed by atoms with Crippen LogP contribution in [-0.4, -0.2) is 35.0 Å². The Bertz CT molecular complexity index is 1380. The highest BCUT2D eigenvalue weighted by Gasteiger charge is 2.38. The van der Waals surface area contributed by atoms with E-state index in [1.807, 2.05) is 0 Å². The number of fused-ring (bicyclic) bond motifs is 3. The van der Waals surface area contributed by atoms with Crippen molar-refractivity contribution in [2.24, 2.45) is 0 Å². The Balaban J connectivity index is 1.56. The minimum atomic E-state index is -1.05. The Hall–Kier alpha value is -4.59. The maximum Gasteiger partial charge on any atom is 0.335 e.